The second kappa shape index (κ2) is 7.26. The van der Waals surface area contributed by atoms with Gasteiger partial charge in [0.25, 0.3) is 5.91 Å². The van der Waals surface area contributed by atoms with Crippen LogP contribution in [0.2, 0.25) is 0 Å². The van der Waals surface area contributed by atoms with E-state index in [9.17, 15) is 18.0 Å². The summed E-state index contributed by atoms with van der Waals surface area (Å²) in [4.78, 5) is 16.3. The van der Waals surface area contributed by atoms with Crippen LogP contribution < -0.4 is 10.1 Å². The molecule has 3 aromatic rings. The highest BCUT2D eigenvalue weighted by molar-refractivity contribution is 6.04. The third kappa shape index (κ3) is 4.38. The van der Waals surface area contributed by atoms with Crippen LogP contribution in [0.25, 0.3) is 0 Å². The van der Waals surface area contributed by atoms with Crippen molar-refractivity contribution in [2.75, 3.05) is 5.32 Å². The molecule has 3 rings (SSSR count). The van der Waals surface area contributed by atoms with Crippen LogP contribution in [0.3, 0.4) is 0 Å². The number of ether oxygens (including phenoxy) is 1. The van der Waals surface area contributed by atoms with Gasteiger partial charge in [0.05, 0.1) is 5.56 Å². The summed E-state index contributed by atoms with van der Waals surface area (Å²) in [6.07, 6.45) is -2.84. The lowest BCUT2D eigenvalue weighted by atomic mass is 10.1. The van der Waals surface area contributed by atoms with Crippen molar-refractivity contribution >= 4 is 11.6 Å². The second-order valence-corrected chi connectivity index (χ2v) is 5.33. The van der Waals surface area contributed by atoms with Gasteiger partial charge in [-0.2, -0.15) is 13.2 Å². The molecule has 1 amide bonds. The molecule has 0 atom stereocenters. The molecule has 0 aliphatic heterocycles. The second-order valence-electron chi connectivity index (χ2n) is 5.33. The lowest BCUT2D eigenvalue weighted by Crippen LogP contribution is -2.12. The molecule has 0 bridgehead atoms. The summed E-state index contributed by atoms with van der Waals surface area (Å²) in [6.45, 7) is 0. The monoisotopic (exact) mass is 358 g/mol. The van der Waals surface area contributed by atoms with E-state index in [1.165, 1.54) is 18.2 Å². The van der Waals surface area contributed by atoms with E-state index in [1.54, 1.807) is 42.6 Å². The van der Waals surface area contributed by atoms with Gasteiger partial charge in [-0.3, -0.25) is 4.79 Å². The molecule has 0 saturated carbocycles. The predicted molar refractivity (Wildman–Crippen MR) is 90.2 cm³/mol. The van der Waals surface area contributed by atoms with Gasteiger partial charge in [0.2, 0.25) is 5.88 Å². The van der Waals surface area contributed by atoms with Crippen LogP contribution >= 0.6 is 0 Å². The minimum absolute atomic E-state index is 0.263. The number of pyridine rings is 1. The van der Waals surface area contributed by atoms with Gasteiger partial charge < -0.3 is 10.1 Å². The molecule has 0 aliphatic rings. The number of benzene rings is 2. The third-order valence-corrected chi connectivity index (χ3v) is 3.43. The van der Waals surface area contributed by atoms with Crippen molar-refractivity contribution in [3.8, 4) is 11.6 Å². The predicted octanol–water partition coefficient (Wildman–Crippen LogP) is 5.15. The van der Waals surface area contributed by atoms with Gasteiger partial charge in [-0.1, -0.05) is 12.1 Å². The SMILES string of the molecule is O=C(Nc1ccc(C(F)(F)F)cc1)c1cccc(Oc2ccccn2)c1. The number of carbonyl (C=O) groups excluding carboxylic acids is 1. The van der Waals surface area contributed by atoms with E-state index in [-0.39, 0.29) is 5.69 Å². The number of nitrogens with one attached hydrogen (secondary N) is 1. The number of rotatable bonds is 4. The van der Waals surface area contributed by atoms with Gasteiger partial charge in [-0.15, -0.1) is 0 Å². The molecular weight excluding hydrogens is 345 g/mol. The minimum Gasteiger partial charge on any atom is -0.439 e. The van der Waals surface area contributed by atoms with Crippen molar-refractivity contribution in [2.24, 2.45) is 0 Å². The van der Waals surface area contributed by atoms with Crippen LogP contribution in [0.15, 0.2) is 72.9 Å². The smallest absolute Gasteiger partial charge is 0.416 e. The zero-order valence-corrected chi connectivity index (χ0v) is 13.3. The Morgan fingerprint density at radius 1 is 0.962 bits per heavy atom. The average Bonchev–Trinajstić information content (AvgIpc) is 2.62. The number of amides is 1. The van der Waals surface area contributed by atoms with Crippen molar-refractivity contribution in [1.82, 2.24) is 4.98 Å². The minimum atomic E-state index is -4.42. The quantitative estimate of drug-likeness (QED) is 0.702. The Bertz CT molecular complexity index is 895. The highest BCUT2D eigenvalue weighted by atomic mass is 19.4. The van der Waals surface area contributed by atoms with Crippen LogP contribution in [0.4, 0.5) is 18.9 Å². The number of hydrogen-bond acceptors (Lipinski definition) is 3. The van der Waals surface area contributed by atoms with Crippen LogP contribution in [-0.4, -0.2) is 10.9 Å². The normalized spacial score (nSPS) is 11.0. The topological polar surface area (TPSA) is 51.2 Å². The summed E-state index contributed by atoms with van der Waals surface area (Å²) in [5, 5.41) is 2.55. The molecule has 1 heterocycles. The van der Waals surface area contributed by atoms with Crippen LogP contribution in [0.5, 0.6) is 11.6 Å². The molecule has 0 aliphatic carbocycles. The first kappa shape index (κ1) is 17.5. The molecule has 0 radical (unpaired) electrons. The van der Waals surface area contributed by atoms with E-state index >= 15 is 0 Å². The zero-order valence-electron chi connectivity index (χ0n) is 13.3. The molecule has 26 heavy (non-hydrogen) atoms. The van der Waals surface area contributed by atoms with Crippen LogP contribution in [-0.2, 0) is 6.18 Å². The molecule has 1 N–H and O–H groups in total. The zero-order chi connectivity index (χ0) is 18.6. The Balaban J connectivity index is 1.71. The van der Waals surface area contributed by atoms with Crippen molar-refractivity contribution in [3.63, 3.8) is 0 Å². The maximum absolute atomic E-state index is 12.6. The largest absolute Gasteiger partial charge is 0.439 e. The van der Waals surface area contributed by atoms with E-state index < -0.39 is 17.6 Å². The van der Waals surface area contributed by atoms with Gasteiger partial charge in [-0.05, 0) is 48.5 Å². The summed E-state index contributed by atoms with van der Waals surface area (Å²) in [6, 6.07) is 15.8. The van der Waals surface area contributed by atoms with Crippen molar-refractivity contribution in [1.29, 1.82) is 0 Å². The van der Waals surface area contributed by atoms with Crippen molar-refractivity contribution in [3.05, 3.63) is 84.1 Å². The standard InChI is InChI=1S/C19H13F3N2O2/c20-19(21,22)14-7-9-15(10-8-14)24-18(25)13-4-3-5-16(12-13)26-17-6-1-2-11-23-17/h1-12H,(H,24,25). The number of carbonyl (C=O) groups is 1. The Morgan fingerprint density at radius 3 is 2.38 bits per heavy atom. The lowest BCUT2D eigenvalue weighted by molar-refractivity contribution is -0.137. The molecule has 0 fully saturated rings. The van der Waals surface area contributed by atoms with Crippen molar-refractivity contribution < 1.29 is 22.7 Å². The maximum atomic E-state index is 12.6. The van der Waals surface area contributed by atoms with E-state index in [1.807, 2.05) is 0 Å². The molecule has 4 nitrogen and oxygen atoms in total. The molecule has 132 valence electrons. The number of hydrogen-bond donors (Lipinski definition) is 1. The van der Waals surface area contributed by atoms with E-state index in [0.717, 1.165) is 12.1 Å². The molecule has 1 aromatic heterocycles. The fraction of sp³-hybridized carbons (Fsp3) is 0.0526. The highest BCUT2D eigenvalue weighted by Gasteiger charge is 2.30. The number of anilines is 1. The Kier molecular flexibility index (Phi) is 4.88. The lowest BCUT2D eigenvalue weighted by Gasteiger charge is -2.10. The van der Waals surface area contributed by atoms with Gasteiger partial charge in [-0.25, -0.2) is 4.98 Å². The molecule has 2 aromatic carbocycles. The van der Waals surface area contributed by atoms with Gasteiger partial charge in [0.15, 0.2) is 0 Å². The Labute approximate surface area is 147 Å². The highest BCUT2D eigenvalue weighted by Crippen LogP contribution is 2.30. The van der Waals surface area contributed by atoms with Crippen LogP contribution in [0, 0.1) is 0 Å². The summed E-state index contributed by atoms with van der Waals surface area (Å²) >= 11 is 0. The molecule has 7 heteroatoms. The molecule has 0 spiro atoms. The average molecular weight is 358 g/mol. The summed E-state index contributed by atoms with van der Waals surface area (Å²) < 4.78 is 43.2. The Morgan fingerprint density at radius 2 is 1.73 bits per heavy atom. The summed E-state index contributed by atoms with van der Waals surface area (Å²) in [5.74, 6) is 0.341. The molecule has 0 unspecified atom stereocenters. The number of alkyl halides is 3. The molecule has 0 saturated heterocycles. The number of aromatic nitrogens is 1. The van der Waals surface area contributed by atoms with E-state index in [0.29, 0.717) is 17.2 Å². The van der Waals surface area contributed by atoms with Crippen LogP contribution in [0.1, 0.15) is 15.9 Å². The summed E-state index contributed by atoms with van der Waals surface area (Å²) in [7, 11) is 0. The van der Waals surface area contributed by atoms with Gasteiger partial charge >= 0.3 is 6.18 Å². The van der Waals surface area contributed by atoms with Gasteiger partial charge in [0.1, 0.15) is 5.75 Å². The maximum Gasteiger partial charge on any atom is 0.416 e. The van der Waals surface area contributed by atoms with Crippen molar-refractivity contribution in [2.45, 2.75) is 6.18 Å². The number of nitrogens with zero attached hydrogens (tertiary/aromatic N) is 1. The first-order chi connectivity index (χ1) is 12.4. The fourth-order valence-electron chi connectivity index (χ4n) is 2.17. The molecular formula is C19H13F3N2O2. The number of halogens is 3. The third-order valence-electron chi connectivity index (χ3n) is 3.43. The van der Waals surface area contributed by atoms with E-state index in [2.05, 4.69) is 10.3 Å². The van der Waals surface area contributed by atoms with Gasteiger partial charge in [0, 0.05) is 23.5 Å². The summed E-state index contributed by atoms with van der Waals surface area (Å²) in [5.41, 5.74) is -0.210. The first-order valence-corrected chi connectivity index (χ1v) is 7.59. The van der Waals surface area contributed by atoms with E-state index in [4.69, 9.17) is 4.74 Å². The Hall–Kier alpha value is -3.35. The first-order valence-electron chi connectivity index (χ1n) is 7.59. The fourth-order valence-corrected chi connectivity index (χ4v) is 2.17.